The number of hydrogen-bond acceptors (Lipinski definition) is 5. The molecule has 0 saturated heterocycles. The van der Waals surface area contributed by atoms with Crippen LogP contribution in [0.3, 0.4) is 0 Å². The molecule has 3 aromatic rings. The summed E-state index contributed by atoms with van der Waals surface area (Å²) in [6, 6.07) is 18.4. The summed E-state index contributed by atoms with van der Waals surface area (Å²) in [5.41, 5.74) is 5.28. The zero-order chi connectivity index (χ0) is 18.2. The van der Waals surface area contributed by atoms with Crippen LogP contribution in [0.5, 0.6) is 5.75 Å². The number of aromatic amines is 1. The molecule has 1 aromatic heterocycles. The standard InChI is InChI=1S/C19H15N5O2/c20-10-15-8-4-5-9-17(15)26-13-18(25)23-21-11-16-12-22-24-19(16)14-6-2-1-3-7-14/h1-9,11-12H,13H2,(H,22,24)(H,23,25)/b21-11+. The van der Waals surface area contributed by atoms with Crippen LogP contribution >= 0.6 is 0 Å². The fourth-order valence-corrected chi connectivity index (χ4v) is 2.26. The van der Waals surface area contributed by atoms with Crippen molar-refractivity contribution < 1.29 is 9.53 Å². The molecule has 1 amide bonds. The number of amides is 1. The van der Waals surface area contributed by atoms with Gasteiger partial charge >= 0.3 is 0 Å². The smallest absolute Gasteiger partial charge is 0.277 e. The number of hydrazone groups is 1. The average Bonchev–Trinajstić information content (AvgIpc) is 3.16. The molecule has 7 heteroatoms. The van der Waals surface area contributed by atoms with Gasteiger partial charge in [0.1, 0.15) is 11.8 Å². The highest BCUT2D eigenvalue weighted by Gasteiger charge is 2.07. The van der Waals surface area contributed by atoms with Crippen molar-refractivity contribution in [3.63, 3.8) is 0 Å². The summed E-state index contributed by atoms with van der Waals surface area (Å²) >= 11 is 0. The van der Waals surface area contributed by atoms with Crippen molar-refractivity contribution in [1.82, 2.24) is 15.6 Å². The summed E-state index contributed by atoms with van der Waals surface area (Å²) in [5.74, 6) is -0.0749. The minimum Gasteiger partial charge on any atom is -0.482 e. The van der Waals surface area contributed by atoms with E-state index in [1.165, 1.54) is 6.21 Å². The highest BCUT2D eigenvalue weighted by molar-refractivity contribution is 5.89. The van der Waals surface area contributed by atoms with E-state index in [-0.39, 0.29) is 6.61 Å². The fourth-order valence-electron chi connectivity index (χ4n) is 2.26. The summed E-state index contributed by atoms with van der Waals surface area (Å²) < 4.78 is 5.34. The van der Waals surface area contributed by atoms with Gasteiger partial charge in [0.2, 0.25) is 0 Å². The first-order chi connectivity index (χ1) is 12.8. The SMILES string of the molecule is N#Cc1ccccc1OCC(=O)N/N=C/c1cn[nH]c1-c1ccccc1. The van der Waals surface area contributed by atoms with Crippen LogP contribution in [0.4, 0.5) is 0 Å². The highest BCUT2D eigenvalue weighted by atomic mass is 16.5. The normalized spacial score (nSPS) is 10.4. The van der Waals surface area contributed by atoms with Gasteiger partial charge in [0, 0.05) is 11.1 Å². The third kappa shape index (κ3) is 4.13. The zero-order valence-corrected chi connectivity index (χ0v) is 13.7. The lowest BCUT2D eigenvalue weighted by Crippen LogP contribution is -2.24. The number of aromatic nitrogens is 2. The summed E-state index contributed by atoms with van der Waals surface area (Å²) in [6.07, 6.45) is 3.13. The molecule has 0 radical (unpaired) electrons. The first kappa shape index (κ1) is 16.9. The molecule has 2 aromatic carbocycles. The van der Waals surface area contributed by atoms with Crippen molar-refractivity contribution in [3.05, 3.63) is 71.9 Å². The van der Waals surface area contributed by atoms with Gasteiger partial charge in [-0.1, -0.05) is 42.5 Å². The van der Waals surface area contributed by atoms with E-state index < -0.39 is 5.91 Å². The lowest BCUT2D eigenvalue weighted by atomic mass is 10.1. The third-order valence-electron chi connectivity index (χ3n) is 3.49. The van der Waals surface area contributed by atoms with Crippen LogP contribution in [-0.4, -0.2) is 28.9 Å². The summed E-state index contributed by atoms with van der Waals surface area (Å²) in [4.78, 5) is 11.8. The van der Waals surface area contributed by atoms with Gasteiger partial charge in [-0.3, -0.25) is 9.89 Å². The number of carbonyl (C=O) groups excluding carboxylic acids is 1. The fraction of sp³-hybridized carbons (Fsp3) is 0.0526. The Labute approximate surface area is 149 Å². The van der Waals surface area contributed by atoms with E-state index in [9.17, 15) is 4.79 Å². The minimum absolute atomic E-state index is 0.243. The van der Waals surface area contributed by atoms with Gasteiger partial charge in [-0.15, -0.1) is 0 Å². The first-order valence-electron chi connectivity index (χ1n) is 7.80. The lowest BCUT2D eigenvalue weighted by molar-refractivity contribution is -0.123. The van der Waals surface area contributed by atoms with Crippen molar-refractivity contribution in [2.45, 2.75) is 0 Å². The van der Waals surface area contributed by atoms with Gasteiger partial charge in [0.25, 0.3) is 5.91 Å². The van der Waals surface area contributed by atoms with Crippen molar-refractivity contribution in [3.8, 4) is 23.1 Å². The largest absolute Gasteiger partial charge is 0.482 e. The zero-order valence-electron chi connectivity index (χ0n) is 13.7. The van der Waals surface area contributed by atoms with Gasteiger partial charge < -0.3 is 4.74 Å². The average molecular weight is 345 g/mol. The molecule has 0 atom stereocenters. The van der Waals surface area contributed by atoms with E-state index in [1.54, 1.807) is 30.5 Å². The Morgan fingerprint density at radius 3 is 2.81 bits per heavy atom. The molecule has 0 unspecified atom stereocenters. The number of nitrogens with zero attached hydrogens (tertiary/aromatic N) is 3. The summed E-state index contributed by atoms with van der Waals surface area (Å²) in [6.45, 7) is -0.243. The Balaban J connectivity index is 1.57. The van der Waals surface area contributed by atoms with Gasteiger partial charge in [0.15, 0.2) is 6.61 Å². The van der Waals surface area contributed by atoms with E-state index in [0.29, 0.717) is 11.3 Å². The highest BCUT2D eigenvalue weighted by Crippen LogP contribution is 2.19. The van der Waals surface area contributed by atoms with E-state index in [4.69, 9.17) is 10.00 Å². The van der Waals surface area contributed by atoms with E-state index in [0.717, 1.165) is 16.8 Å². The number of rotatable bonds is 6. The second-order valence-electron chi connectivity index (χ2n) is 5.26. The van der Waals surface area contributed by atoms with Crippen LogP contribution in [0.1, 0.15) is 11.1 Å². The molecule has 0 bridgehead atoms. The number of benzene rings is 2. The quantitative estimate of drug-likeness (QED) is 0.529. The molecule has 0 aliphatic rings. The second kappa shape index (κ2) is 8.26. The van der Waals surface area contributed by atoms with Crippen molar-refractivity contribution in [2.75, 3.05) is 6.61 Å². The molecule has 26 heavy (non-hydrogen) atoms. The Bertz CT molecular complexity index is 957. The van der Waals surface area contributed by atoms with Crippen LogP contribution < -0.4 is 10.2 Å². The Kier molecular flexibility index (Phi) is 5.38. The molecule has 0 fully saturated rings. The van der Waals surface area contributed by atoms with Crippen molar-refractivity contribution >= 4 is 12.1 Å². The van der Waals surface area contributed by atoms with Crippen LogP contribution in [0, 0.1) is 11.3 Å². The minimum atomic E-state index is -0.432. The number of para-hydroxylation sites is 1. The van der Waals surface area contributed by atoms with Gasteiger partial charge in [0.05, 0.1) is 23.7 Å². The second-order valence-corrected chi connectivity index (χ2v) is 5.26. The maximum absolute atomic E-state index is 11.8. The maximum Gasteiger partial charge on any atom is 0.277 e. The van der Waals surface area contributed by atoms with Gasteiger partial charge in [-0.25, -0.2) is 5.43 Å². The molecule has 0 spiro atoms. The molecule has 128 valence electrons. The predicted molar refractivity (Wildman–Crippen MR) is 96.4 cm³/mol. The van der Waals surface area contributed by atoms with E-state index in [2.05, 4.69) is 20.7 Å². The number of hydrogen-bond donors (Lipinski definition) is 2. The van der Waals surface area contributed by atoms with E-state index >= 15 is 0 Å². The van der Waals surface area contributed by atoms with E-state index in [1.807, 2.05) is 36.4 Å². The maximum atomic E-state index is 11.8. The number of H-pyrrole nitrogens is 1. The van der Waals surface area contributed by atoms with Crippen LogP contribution in [0.15, 0.2) is 65.9 Å². The van der Waals surface area contributed by atoms with Gasteiger partial charge in [-0.05, 0) is 12.1 Å². The molecule has 3 rings (SSSR count). The number of ether oxygens (including phenoxy) is 1. The molecule has 0 saturated carbocycles. The Hall–Kier alpha value is -3.92. The Morgan fingerprint density at radius 1 is 1.23 bits per heavy atom. The first-order valence-corrected chi connectivity index (χ1v) is 7.80. The van der Waals surface area contributed by atoms with Crippen LogP contribution in [0.25, 0.3) is 11.3 Å². The molecule has 0 aliphatic carbocycles. The predicted octanol–water partition coefficient (Wildman–Crippen LogP) is 2.48. The lowest BCUT2D eigenvalue weighted by Gasteiger charge is -2.06. The molecule has 1 heterocycles. The molecular weight excluding hydrogens is 330 g/mol. The summed E-state index contributed by atoms with van der Waals surface area (Å²) in [7, 11) is 0. The number of carbonyl (C=O) groups is 1. The van der Waals surface area contributed by atoms with Crippen molar-refractivity contribution in [1.29, 1.82) is 5.26 Å². The summed E-state index contributed by atoms with van der Waals surface area (Å²) in [5, 5.41) is 19.8. The van der Waals surface area contributed by atoms with Gasteiger partial charge in [-0.2, -0.15) is 15.5 Å². The Morgan fingerprint density at radius 2 is 2.00 bits per heavy atom. The third-order valence-corrected chi connectivity index (χ3v) is 3.49. The van der Waals surface area contributed by atoms with Crippen LogP contribution in [0.2, 0.25) is 0 Å². The molecule has 2 N–H and O–H groups in total. The van der Waals surface area contributed by atoms with Crippen molar-refractivity contribution in [2.24, 2.45) is 5.10 Å². The van der Waals surface area contributed by atoms with Crippen LogP contribution in [-0.2, 0) is 4.79 Å². The topological polar surface area (TPSA) is 103 Å². The molecule has 7 nitrogen and oxygen atoms in total. The molecular formula is C19H15N5O2. The monoisotopic (exact) mass is 345 g/mol. The molecule has 0 aliphatic heterocycles. The number of nitriles is 1. The number of nitrogens with one attached hydrogen (secondary N) is 2.